The van der Waals surface area contributed by atoms with Crippen LogP contribution in [0, 0.1) is 40.4 Å². The summed E-state index contributed by atoms with van der Waals surface area (Å²) in [6, 6.07) is 0. The molecule has 3 fully saturated rings. The van der Waals surface area contributed by atoms with Crippen LogP contribution in [-0.4, -0.2) is 46.7 Å². The van der Waals surface area contributed by atoms with E-state index in [1.165, 1.54) is 40.2 Å². The number of alkyl halides is 2. The van der Waals surface area contributed by atoms with Crippen molar-refractivity contribution >= 4 is 33.8 Å². The Labute approximate surface area is 254 Å². The number of halogens is 2. The second-order valence-corrected chi connectivity index (χ2v) is 15.5. The number of hydrogen-bond acceptors (Lipinski definition) is 6. The molecule has 0 saturated heterocycles. The molecule has 232 valence electrons. The first-order valence-corrected chi connectivity index (χ1v) is 16.5. The number of carbonyl (C=O) groups is 3. The Morgan fingerprint density at radius 1 is 1.02 bits per heavy atom. The molecule has 0 aromatic rings. The van der Waals surface area contributed by atoms with Gasteiger partial charge in [0.05, 0.1) is 0 Å². The van der Waals surface area contributed by atoms with Gasteiger partial charge in [0, 0.05) is 43.9 Å². The van der Waals surface area contributed by atoms with E-state index in [2.05, 4.69) is 42.8 Å². The molecule has 11 atom stereocenters. The number of ether oxygens (including phenoxy) is 3. The molecule has 6 unspecified atom stereocenters. The van der Waals surface area contributed by atoms with Gasteiger partial charge in [0.1, 0.15) is 24.0 Å². The van der Waals surface area contributed by atoms with Gasteiger partial charge in [-0.3, -0.25) is 14.4 Å². The van der Waals surface area contributed by atoms with Crippen molar-refractivity contribution in [2.45, 2.75) is 136 Å². The molecule has 0 bridgehead atoms. The molecule has 4 aliphatic rings. The fraction of sp³-hybridized carbons (Fsp3) is 0.848. The summed E-state index contributed by atoms with van der Waals surface area (Å²) >= 11 is 4.09. The Hall–Kier alpha value is -1.44. The van der Waals surface area contributed by atoms with E-state index in [1.54, 1.807) is 0 Å². The Morgan fingerprint density at radius 2 is 1.68 bits per heavy atom. The van der Waals surface area contributed by atoms with Gasteiger partial charge in [-0.05, 0) is 87.4 Å². The maximum atomic E-state index is 14.8. The van der Waals surface area contributed by atoms with Crippen LogP contribution in [-0.2, 0) is 28.6 Å². The fourth-order valence-electron chi connectivity index (χ4n) is 9.63. The highest BCUT2D eigenvalue weighted by atomic mass is 79.9. The van der Waals surface area contributed by atoms with E-state index in [0.717, 1.165) is 32.1 Å². The first-order valence-electron chi connectivity index (χ1n) is 15.5. The number of allylic oxidation sites excluding steroid dienone is 1. The Bertz CT molecular complexity index is 1050. The molecule has 0 aromatic heterocycles. The smallest absolute Gasteiger partial charge is 0.303 e. The van der Waals surface area contributed by atoms with Crippen LogP contribution in [0.1, 0.15) is 107 Å². The summed E-state index contributed by atoms with van der Waals surface area (Å²) in [4.78, 5) is 35.9. The van der Waals surface area contributed by atoms with Gasteiger partial charge in [-0.25, -0.2) is 4.39 Å². The van der Waals surface area contributed by atoms with Crippen LogP contribution in [0.5, 0.6) is 0 Å². The van der Waals surface area contributed by atoms with E-state index in [4.69, 9.17) is 14.2 Å². The van der Waals surface area contributed by atoms with Crippen LogP contribution in [0.2, 0.25) is 0 Å². The number of carbonyl (C=O) groups excluding carboxylic acids is 3. The lowest BCUT2D eigenvalue weighted by atomic mass is 9.46. The van der Waals surface area contributed by atoms with Crippen LogP contribution >= 0.6 is 15.9 Å². The molecule has 3 saturated carbocycles. The lowest BCUT2D eigenvalue weighted by Crippen LogP contribution is -2.59. The molecular weight excluding hydrogens is 591 g/mol. The standard InChI is InChI=1S/C33H50BrFO6/c1-18(9-12-28(31(5,6)35)40-20(3)37)24-10-11-25-30-26(13-14-32(24,25)7)33(8)22(16-27(30)34)15-23(39-19(2)36)17-29(33)41-21(4)38/h16,18,23-30H,9-15,17H2,1-8H3/t18-,23?,24-,25?,26?,27?,28?,29+,30?,32-,33+/m1/s1. The summed E-state index contributed by atoms with van der Waals surface area (Å²) in [6.07, 6.45) is 7.93. The molecule has 41 heavy (non-hydrogen) atoms. The van der Waals surface area contributed by atoms with Gasteiger partial charge in [0.25, 0.3) is 0 Å². The molecular formula is C33H50BrFO6. The van der Waals surface area contributed by atoms with Gasteiger partial charge in [-0.2, -0.15) is 0 Å². The number of hydrogen-bond donors (Lipinski definition) is 0. The molecule has 0 amide bonds. The molecule has 0 radical (unpaired) electrons. The molecule has 0 N–H and O–H groups in total. The van der Waals surface area contributed by atoms with Crippen LogP contribution in [0.15, 0.2) is 11.6 Å². The SMILES string of the molecule is CC(=O)OC1CC2=CC(Br)C3C4CC[C@H]([C@H](C)CCC(OC(C)=O)C(C)(C)F)[C@@]4(C)CCC3[C@@]2(C)[C@@H](OC(C)=O)C1. The van der Waals surface area contributed by atoms with Crippen molar-refractivity contribution in [3.63, 3.8) is 0 Å². The second-order valence-electron chi connectivity index (χ2n) is 14.4. The van der Waals surface area contributed by atoms with Gasteiger partial charge < -0.3 is 14.2 Å². The van der Waals surface area contributed by atoms with E-state index in [9.17, 15) is 18.8 Å². The summed E-state index contributed by atoms with van der Waals surface area (Å²) in [6.45, 7) is 14.3. The average Bonchev–Trinajstić information content (AvgIpc) is 3.18. The van der Waals surface area contributed by atoms with E-state index >= 15 is 0 Å². The highest BCUT2D eigenvalue weighted by Gasteiger charge is 2.63. The van der Waals surface area contributed by atoms with E-state index < -0.39 is 17.7 Å². The number of rotatable bonds is 8. The van der Waals surface area contributed by atoms with Crippen molar-refractivity contribution in [2.24, 2.45) is 40.4 Å². The maximum absolute atomic E-state index is 14.8. The second kappa shape index (κ2) is 11.9. The quantitative estimate of drug-likeness (QED) is 0.118. The van der Waals surface area contributed by atoms with Crippen molar-refractivity contribution in [1.29, 1.82) is 0 Å². The third-order valence-corrected chi connectivity index (χ3v) is 12.4. The zero-order chi connectivity index (χ0) is 30.5. The Kier molecular flexibility index (Phi) is 9.44. The molecule has 0 spiro atoms. The lowest BCUT2D eigenvalue weighted by Gasteiger charge is -2.61. The van der Waals surface area contributed by atoms with Gasteiger partial charge in [-0.15, -0.1) is 0 Å². The molecule has 6 nitrogen and oxygen atoms in total. The van der Waals surface area contributed by atoms with Crippen molar-refractivity contribution in [3.8, 4) is 0 Å². The zero-order valence-electron chi connectivity index (χ0n) is 26.1. The molecule has 0 aliphatic heterocycles. The van der Waals surface area contributed by atoms with E-state index in [0.29, 0.717) is 48.9 Å². The monoisotopic (exact) mass is 640 g/mol. The molecule has 4 rings (SSSR count). The van der Waals surface area contributed by atoms with Gasteiger partial charge in [0.2, 0.25) is 0 Å². The van der Waals surface area contributed by atoms with Crippen LogP contribution in [0.4, 0.5) is 4.39 Å². The average molecular weight is 642 g/mol. The third kappa shape index (κ3) is 6.28. The zero-order valence-corrected chi connectivity index (χ0v) is 27.7. The fourth-order valence-corrected chi connectivity index (χ4v) is 10.7. The van der Waals surface area contributed by atoms with E-state index in [-0.39, 0.29) is 39.8 Å². The van der Waals surface area contributed by atoms with Crippen LogP contribution in [0.3, 0.4) is 0 Å². The summed E-state index contributed by atoms with van der Waals surface area (Å²) in [5.41, 5.74) is -0.487. The highest BCUT2D eigenvalue weighted by molar-refractivity contribution is 9.09. The molecule has 8 heteroatoms. The minimum atomic E-state index is -1.58. The number of esters is 3. The lowest BCUT2D eigenvalue weighted by molar-refractivity contribution is -0.171. The van der Waals surface area contributed by atoms with Crippen LogP contribution in [0.25, 0.3) is 0 Å². The summed E-state index contributed by atoms with van der Waals surface area (Å²) in [5, 5.41) is 0. The molecule has 0 heterocycles. The Balaban J connectivity index is 1.57. The maximum Gasteiger partial charge on any atom is 0.303 e. The first-order chi connectivity index (χ1) is 19.0. The van der Waals surface area contributed by atoms with Crippen molar-refractivity contribution in [2.75, 3.05) is 0 Å². The van der Waals surface area contributed by atoms with Gasteiger partial charge in [0.15, 0.2) is 0 Å². The topological polar surface area (TPSA) is 78.9 Å². The minimum absolute atomic E-state index is 0.155. The predicted molar refractivity (Wildman–Crippen MR) is 159 cm³/mol. The largest absolute Gasteiger partial charge is 0.462 e. The van der Waals surface area contributed by atoms with Crippen molar-refractivity contribution < 1.29 is 33.0 Å². The summed E-state index contributed by atoms with van der Waals surface area (Å²) in [5.74, 6) is 1.12. The summed E-state index contributed by atoms with van der Waals surface area (Å²) in [7, 11) is 0. The normalized spacial score (nSPS) is 39.8. The van der Waals surface area contributed by atoms with Gasteiger partial charge in [-0.1, -0.05) is 48.4 Å². The van der Waals surface area contributed by atoms with Crippen molar-refractivity contribution in [3.05, 3.63) is 11.6 Å². The van der Waals surface area contributed by atoms with E-state index in [1.807, 2.05) is 0 Å². The molecule has 0 aromatic carbocycles. The van der Waals surface area contributed by atoms with Crippen molar-refractivity contribution in [1.82, 2.24) is 0 Å². The predicted octanol–water partition coefficient (Wildman–Crippen LogP) is 7.51. The van der Waals surface area contributed by atoms with Crippen LogP contribution < -0.4 is 0 Å². The highest BCUT2D eigenvalue weighted by Crippen LogP contribution is 2.68. The summed E-state index contributed by atoms with van der Waals surface area (Å²) < 4.78 is 31.9. The first kappa shape index (κ1) is 32.5. The van der Waals surface area contributed by atoms with Gasteiger partial charge >= 0.3 is 17.9 Å². The minimum Gasteiger partial charge on any atom is -0.462 e. The Morgan fingerprint density at radius 3 is 2.27 bits per heavy atom. The number of fused-ring (bicyclic) bond motifs is 5. The molecule has 4 aliphatic carbocycles. The third-order valence-electron chi connectivity index (χ3n) is 11.5.